The van der Waals surface area contributed by atoms with E-state index in [1.807, 2.05) is 11.8 Å². The predicted octanol–water partition coefficient (Wildman–Crippen LogP) is 2.94. The molecule has 0 aromatic rings. The van der Waals surface area contributed by atoms with Crippen LogP contribution in [0.2, 0.25) is 0 Å². The molecule has 0 heterocycles. The lowest BCUT2D eigenvalue weighted by Crippen LogP contribution is -2.01. The second kappa shape index (κ2) is 6.41. The maximum absolute atomic E-state index is 4.23. The van der Waals surface area contributed by atoms with E-state index in [4.69, 9.17) is 0 Å². The molecular weight excluding hydrogens is 160 g/mol. The summed E-state index contributed by atoms with van der Waals surface area (Å²) in [5.41, 5.74) is 0. The van der Waals surface area contributed by atoms with Crippen LogP contribution in [0, 0.1) is 11.8 Å². The lowest BCUT2D eigenvalue weighted by atomic mass is 10.3. The molecule has 0 spiro atoms. The molecule has 0 bridgehead atoms. The molecule has 0 rings (SSSR count). The Kier molecular flexibility index (Phi) is 6.86. The van der Waals surface area contributed by atoms with Crippen molar-refractivity contribution in [1.82, 2.24) is 0 Å². The van der Waals surface area contributed by atoms with Gasteiger partial charge in [-0.25, -0.2) is 0 Å². The van der Waals surface area contributed by atoms with Gasteiger partial charge in [0.2, 0.25) is 0 Å². The van der Waals surface area contributed by atoms with Crippen LogP contribution in [0.4, 0.5) is 0 Å². The molecule has 0 nitrogen and oxygen atoms in total. The molecule has 0 aliphatic rings. The SMILES string of the molecule is CC(C)CSCC(C)CS. The van der Waals surface area contributed by atoms with E-state index in [1.54, 1.807) is 0 Å². The summed E-state index contributed by atoms with van der Waals surface area (Å²) in [4.78, 5) is 0. The highest BCUT2D eigenvalue weighted by atomic mass is 32.2. The van der Waals surface area contributed by atoms with Crippen molar-refractivity contribution in [3.05, 3.63) is 0 Å². The van der Waals surface area contributed by atoms with Gasteiger partial charge in [0.1, 0.15) is 0 Å². The molecule has 0 aromatic heterocycles. The van der Waals surface area contributed by atoms with Gasteiger partial charge in [0.05, 0.1) is 0 Å². The summed E-state index contributed by atoms with van der Waals surface area (Å²) < 4.78 is 0. The third-order valence-electron chi connectivity index (χ3n) is 1.17. The Morgan fingerprint density at radius 1 is 1.20 bits per heavy atom. The van der Waals surface area contributed by atoms with Gasteiger partial charge in [0.15, 0.2) is 0 Å². The van der Waals surface area contributed by atoms with Gasteiger partial charge in [-0.05, 0) is 29.1 Å². The zero-order valence-corrected chi connectivity index (χ0v) is 8.84. The minimum atomic E-state index is 0.770. The van der Waals surface area contributed by atoms with E-state index in [2.05, 4.69) is 33.4 Å². The van der Waals surface area contributed by atoms with Gasteiger partial charge >= 0.3 is 0 Å². The zero-order chi connectivity index (χ0) is 7.98. The fourth-order valence-corrected chi connectivity index (χ4v) is 1.99. The molecule has 0 N–H and O–H groups in total. The zero-order valence-electron chi connectivity index (χ0n) is 7.13. The molecule has 0 saturated carbocycles. The van der Waals surface area contributed by atoms with Gasteiger partial charge in [0.25, 0.3) is 0 Å². The summed E-state index contributed by atoms with van der Waals surface area (Å²) in [6, 6.07) is 0. The third kappa shape index (κ3) is 6.81. The number of thiol groups is 1. The van der Waals surface area contributed by atoms with E-state index in [1.165, 1.54) is 11.5 Å². The van der Waals surface area contributed by atoms with Crippen LogP contribution in [0.15, 0.2) is 0 Å². The monoisotopic (exact) mass is 178 g/mol. The average molecular weight is 178 g/mol. The summed E-state index contributed by atoms with van der Waals surface area (Å²) in [6.45, 7) is 6.77. The molecule has 62 valence electrons. The number of rotatable bonds is 5. The van der Waals surface area contributed by atoms with Crippen LogP contribution < -0.4 is 0 Å². The van der Waals surface area contributed by atoms with Crippen LogP contribution in [-0.4, -0.2) is 17.3 Å². The Morgan fingerprint density at radius 3 is 2.20 bits per heavy atom. The van der Waals surface area contributed by atoms with E-state index < -0.39 is 0 Å². The predicted molar refractivity (Wildman–Crippen MR) is 55.2 cm³/mol. The third-order valence-corrected chi connectivity index (χ3v) is 3.50. The first-order valence-corrected chi connectivity index (χ1v) is 5.64. The summed E-state index contributed by atoms with van der Waals surface area (Å²) in [6.07, 6.45) is 0. The highest BCUT2D eigenvalue weighted by Gasteiger charge is 1.99. The quantitative estimate of drug-likeness (QED) is 0.632. The Labute approximate surface area is 74.6 Å². The standard InChI is InChI=1S/C8H18S2/c1-7(2)5-10-6-8(3)4-9/h7-9H,4-6H2,1-3H3. The molecule has 0 aliphatic heterocycles. The van der Waals surface area contributed by atoms with Crippen molar-refractivity contribution in [3.63, 3.8) is 0 Å². The minimum Gasteiger partial charge on any atom is -0.179 e. The van der Waals surface area contributed by atoms with E-state index in [9.17, 15) is 0 Å². The van der Waals surface area contributed by atoms with Gasteiger partial charge in [0, 0.05) is 0 Å². The summed E-state index contributed by atoms with van der Waals surface area (Å²) >= 11 is 6.27. The maximum atomic E-state index is 4.23. The fourth-order valence-electron chi connectivity index (χ4n) is 0.558. The normalized spacial score (nSPS) is 14.1. The molecule has 0 aliphatic carbocycles. The summed E-state index contributed by atoms with van der Waals surface area (Å²) in [5.74, 6) is 5.18. The van der Waals surface area contributed by atoms with Crippen molar-refractivity contribution >= 4 is 24.4 Å². The van der Waals surface area contributed by atoms with Crippen molar-refractivity contribution in [2.45, 2.75) is 20.8 Å². The summed E-state index contributed by atoms with van der Waals surface area (Å²) in [7, 11) is 0. The topological polar surface area (TPSA) is 0 Å². The fraction of sp³-hybridized carbons (Fsp3) is 1.00. The minimum absolute atomic E-state index is 0.770. The van der Waals surface area contributed by atoms with Gasteiger partial charge in [-0.15, -0.1) is 0 Å². The van der Waals surface area contributed by atoms with Gasteiger partial charge in [-0.1, -0.05) is 20.8 Å². The Bertz CT molecular complexity index is 71.7. The summed E-state index contributed by atoms with van der Waals surface area (Å²) in [5, 5.41) is 0. The Balaban J connectivity index is 3.03. The number of hydrogen-bond donors (Lipinski definition) is 1. The first kappa shape index (κ1) is 10.7. The van der Waals surface area contributed by atoms with Crippen LogP contribution in [0.25, 0.3) is 0 Å². The maximum Gasteiger partial charge on any atom is -0.00339 e. The molecule has 0 fully saturated rings. The highest BCUT2D eigenvalue weighted by molar-refractivity contribution is 7.99. The van der Waals surface area contributed by atoms with Crippen LogP contribution in [0.1, 0.15) is 20.8 Å². The first-order chi connectivity index (χ1) is 4.66. The van der Waals surface area contributed by atoms with Crippen LogP contribution in [-0.2, 0) is 0 Å². The number of thioether (sulfide) groups is 1. The lowest BCUT2D eigenvalue weighted by molar-refractivity contribution is 0.736. The molecule has 1 unspecified atom stereocenters. The van der Waals surface area contributed by atoms with E-state index in [-0.39, 0.29) is 0 Å². The molecule has 0 aromatic carbocycles. The van der Waals surface area contributed by atoms with Gasteiger partial charge < -0.3 is 0 Å². The Hall–Kier alpha value is 0.700. The van der Waals surface area contributed by atoms with Crippen LogP contribution >= 0.6 is 24.4 Å². The van der Waals surface area contributed by atoms with Crippen molar-refractivity contribution in [2.75, 3.05) is 17.3 Å². The second-order valence-corrected chi connectivity index (χ2v) is 4.66. The van der Waals surface area contributed by atoms with Crippen molar-refractivity contribution < 1.29 is 0 Å². The molecule has 10 heavy (non-hydrogen) atoms. The molecular formula is C8H18S2. The molecule has 1 atom stereocenters. The molecule has 0 radical (unpaired) electrons. The molecule has 0 amide bonds. The van der Waals surface area contributed by atoms with E-state index >= 15 is 0 Å². The van der Waals surface area contributed by atoms with Gasteiger partial charge in [-0.3, -0.25) is 0 Å². The smallest absolute Gasteiger partial charge is 0.00339 e. The molecule has 2 heteroatoms. The van der Waals surface area contributed by atoms with E-state index in [0.717, 1.165) is 17.6 Å². The first-order valence-electron chi connectivity index (χ1n) is 3.85. The average Bonchev–Trinajstić information content (AvgIpc) is 1.87. The van der Waals surface area contributed by atoms with Crippen LogP contribution in [0.5, 0.6) is 0 Å². The lowest BCUT2D eigenvalue weighted by Gasteiger charge is -2.08. The van der Waals surface area contributed by atoms with Crippen molar-refractivity contribution in [2.24, 2.45) is 11.8 Å². The van der Waals surface area contributed by atoms with Crippen molar-refractivity contribution in [3.8, 4) is 0 Å². The van der Waals surface area contributed by atoms with Gasteiger partial charge in [-0.2, -0.15) is 24.4 Å². The van der Waals surface area contributed by atoms with Crippen molar-refractivity contribution in [1.29, 1.82) is 0 Å². The second-order valence-electron chi connectivity index (χ2n) is 3.22. The van der Waals surface area contributed by atoms with Crippen LogP contribution in [0.3, 0.4) is 0 Å². The largest absolute Gasteiger partial charge is 0.179 e. The number of hydrogen-bond acceptors (Lipinski definition) is 2. The Morgan fingerprint density at radius 2 is 1.80 bits per heavy atom. The highest BCUT2D eigenvalue weighted by Crippen LogP contribution is 2.12. The van der Waals surface area contributed by atoms with E-state index in [0.29, 0.717) is 0 Å². The molecule has 0 saturated heterocycles.